The molecule has 4 heteroatoms. The standard InChI is InChI=1S/C10H19FN2O/c11-9-7-13(4-1-10(9)12)8-2-5-14-6-3-8/h8-10H,1-7,12H2. The van der Waals surface area contributed by atoms with Crippen molar-refractivity contribution in [3.8, 4) is 0 Å². The average Bonchev–Trinajstić information content (AvgIpc) is 2.23. The van der Waals surface area contributed by atoms with Crippen LogP contribution in [0.3, 0.4) is 0 Å². The molecule has 0 spiro atoms. The summed E-state index contributed by atoms with van der Waals surface area (Å²) in [4.78, 5) is 2.25. The maximum atomic E-state index is 13.4. The van der Waals surface area contributed by atoms with Gasteiger partial charge in [-0.05, 0) is 19.3 Å². The van der Waals surface area contributed by atoms with Crippen LogP contribution in [0.5, 0.6) is 0 Å². The Morgan fingerprint density at radius 3 is 2.57 bits per heavy atom. The van der Waals surface area contributed by atoms with Crippen molar-refractivity contribution in [1.82, 2.24) is 4.90 Å². The number of nitrogens with zero attached hydrogens (tertiary/aromatic N) is 1. The highest BCUT2D eigenvalue weighted by atomic mass is 19.1. The Kier molecular flexibility index (Phi) is 3.36. The minimum Gasteiger partial charge on any atom is -0.381 e. The summed E-state index contributed by atoms with van der Waals surface area (Å²) in [5, 5.41) is 0. The maximum Gasteiger partial charge on any atom is 0.128 e. The summed E-state index contributed by atoms with van der Waals surface area (Å²) in [5.74, 6) is 0. The minimum atomic E-state index is -0.841. The van der Waals surface area contributed by atoms with Crippen molar-refractivity contribution < 1.29 is 9.13 Å². The molecule has 2 fully saturated rings. The summed E-state index contributed by atoms with van der Waals surface area (Å²) >= 11 is 0. The van der Waals surface area contributed by atoms with E-state index in [0.29, 0.717) is 12.6 Å². The fourth-order valence-electron chi connectivity index (χ4n) is 2.33. The molecule has 2 N–H and O–H groups in total. The van der Waals surface area contributed by atoms with Crippen molar-refractivity contribution in [2.75, 3.05) is 26.3 Å². The first kappa shape index (κ1) is 10.3. The molecule has 2 rings (SSSR count). The topological polar surface area (TPSA) is 38.5 Å². The molecule has 0 aromatic rings. The van der Waals surface area contributed by atoms with Crippen molar-refractivity contribution in [3.63, 3.8) is 0 Å². The minimum absolute atomic E-state index is 0.244. The van der Waals surface area contributed by atoms with E-state index in [9.17, 15) is 4.39 Å². The second-order valence-corrected chi connectivity index (χ2v) is 4.31. The van der Waals surface area contributed by atoms with Gasteiger partial charge in [0.1, 0.15) is 6.17 Å². The number of hydrogen-bond acceptors (Lipinski definition) is 3. The van der Waals surface area contributed by atoms with Crippen LogP contribution in [0.1, 0.15) is 19.3 Å². The monoisotopic (exact) mass is 202 g/mol. The van der Waals surface area contributed by atoms with E-state index < -0.39 is 6.17 Å². The number of rotatable bonds is 1. The van der Waals surface area contributed by atoms with Gasteiger partial charge in [-0.1, -0.05) is 0 Å². The third-order valence-electron chi connectivity index (χ3n) is 3.33. The Balaban J connectivity index is 1.85. The van der Waals surface area contributed by atoms with Gasteiger partial charge in [0.2, 0.25) is 0 Å². The number of piperidine rings is 1. The second-order valence-electron chi connectivity index (χ2n) is 4.31. The molecule has 0 aromatic heterocycles. The molecule has 14 heavy (non-hydrogen) atoms. The molecule has 2 aliphatic rings. The van der Waals surface area contributed by atoms with E-state index in [1.807, 2.05) is 0 Å². The van der Waals surface area contributed by atoms with Gasteiger partial charge in [-0.3, -0.25) is 4.90 Å². The van der Waals surface area contributed by atoms with E-state index >= 15 is 0 Å². The lowest BCUT2D eigenvalue weighted by molar-refractivity contribution is 0.00859. The Labute approximate surface area is 84.4 Å². The summed E-state index contributed by atoms with van der Waals surface area (Å²) in [6, 6.07) is 0.278. The van der Waals surface area contributed by atoms with Gasteiger partial charge < -0.3 is 10.5 Å². The Hall–Kier alpha value is -0.190. The molecule has 2 unspecified atom stereocenters. The molecule has 2 saturated heterocycles. The van der Waals surface area contributed by atoms with E-state index in [-0.39, 0.29) is 6.04 Å². The average molecular weight is 202 g/mol. The van der Waals surface area contributed by atoms with E-state index in [1.54, 1.807) is 0 Å². The molecule has 3 nitrogen and oxygen atoms in total. The Morgan fingerprint density at radius 1 is 1.21 bits per heavy atom. The number of halogens is 1. The second kappa shape index (κ2) is 4.55. The van der Waals surface area contributed by atoms with Gasteiger partial charge in [0.25, 0.3) is 0 Å². The Bertz CT molecular complexity index is 185. The third-order valence-corrected chi connectivity index (χ3v) is 3.33. The first-order chi connectivity index (χ1) is 6.77. The summed E-state index contributed by atoms with van der Waals surface area (Å²) in [5.41, 5.74) is 5.64. The first-order valence-electron chi connectivity index (χ1n) is 5.49. The zero-order chi connectivity index (χ0) is 9.97. The molecule has 82 valence electrons. The summed E-state index contributed by atoms with van der Waals surface area (Å²) in [6.07, 6.45) is 2.04. The van der Waals surface area contributed by atoms with Crippen LogP contribution in [-0.4, -0.2) is 49.5 Å². The molecule has 0 amide bonds. The zero-order valence-corrected chi connectivity index (χ0v) is 8.49. The highest BCUT2D eigenvalue weighted by molar-refractivity contribution is 4.86. The highest BCUT2D eigenvalue weighted by Gasteiger charge is 2.31. The van der Waals surface area contributed by atoms with E-state index in [0.717, 1.165) is 39.0 Å². The number of ether oxygens (including phenoxy) is 1. The largest absolute Gasteiger partial charge is 0.381 e. The number of alkyl halides is 1. The van der Waals surface area contributed by atoms with Gasteiger partial charge in [-0.25, -0.2) is 4.39 Å². The SMILES string of the molecule is NC1CCN(C2CCOCC2)CC1F. The van der Waals surface area contributed by atoms with Crippen LogP contribution < -0.4 is 5.73 Å². The highest BCUT2D eigenvalue weighted by Crippen LogP contribution is 2.20. The summed E-state index contributed by atoms with van der Waals surface area (Å²) < 4.78 is 18.7. The molecule has 0 aliphatic carbocycles. The van der Waals surface area contributed by atoms with Crippen LogP contribution in [0.15, 0.2) is 0 Å². The van der Waals surface area contributed by atoms with Crippen LogP contribution in [0.2, 0.25) is 0 Å². The number of hydrogen-bond donors (Lipinski definition) is 1. The number of likely N-dealkylation sites (tertiary alicyclic amines) is 1. The fourth-order valence-corrected chi connectivity index (χ4v) is 2.33. The molecule has 0 aromatic carbocycles. The molecule has 2 atom stereocenters. The molecule has 2 heterocycles. The van der Waals surface area contributed by atoms with Crippen LogP contribution in [0.4, 0.5) is 4.39 Å². The normalized spacial score (nSPS) is 37.3. The molecule has 0 bridgehead atoms. The van der Waals surface area contributed by atoms with Gasteiger partial charge >= 0.3 is 0 Å². The lowest BCUT2D eigenvalue weighted by Gasteiger charge is -2.39. The lowest BCUT2D eigenvalue weighted by Crippen LogP contribution is -2.52. The van der Waals surface area contributed by atoms with E-state index in [4.69, 9.17) is 10.5 Å². The quantitative estimate of drug-likeness (QED) is 0.674. The summed E-state index contributed by atoms with van der Waals surface area (Å²) in [7, 11) is 0. The van der Waals surface area contributed by atoms with Crippen molar-refractivity contribution in [2.45, 2.75) is 37.5 Å². The van der Waals surface area contributed by atoms with Gasteiger partial charge in [0, 0.05) is 38.4 Å². The predicted molar refractivity (Wildman–Crippen MR) is 52.9 cm³/mol. The lowest BCUT2D eigenvalue weighted by atomic mass is 9.99. The smallest absolute Gasteiger partial charge is 0.128 e. The zero-order valence-electron chi connectivity index (χ0n) is 8.49. The fraction of sp³-hybridized carbons (Fsp3) is 1.00. The van der Waals surface area contributed by atoms with Crippen molar-refractivity contribution in [3.05, 3.63) is 0 Å². The molecule has 0 radical (unpaired) electrons. The van der Waals surface area contributed by atoms with Gasteiger partial charge in [-0.2, -0.15) is 0 Å². The van der Waals surface area contributed by atoms with E-state index in [2.05, 4.69) is 4.90 Å². The molecule has 0 saturated carbocycles. The first-order valence-corrected chi connectivity index (χ1v) is 5.49. The van der Waals surface area contributed by atoms with Gasteiger partial charge in [-0.15, -0.1) is 0 Å². The van der Waals surface area contributed by atoms with Crippen molar-refractivity contribution in [1.29, 1.82) is 0 Å². The summed E-state index contributed by atoms with van der Waals surface area (Å²) in [6.45, 7) is 3.12. The van der Waals surface area contributed by atoms with Crippen molar-refractivity contribution in [2.24, 2.45) is 5.73 Å². The number of nitrogens with two attached hydrogens (primary N) is 1. The van der Waals surface area contributed by atoms with Crippen LogP contribution in [0.25, 0.3) is 0 Å². The van der Waals surface area contributed by atoms with Crippen LogP contribution >= 0.6 is 0 Å². The maximum absolute atomic E-state index is 13.4. The molecule has 2 aliphatic heterocycles. The van der Waals surface area contributed by atoms with Crippen LogP contribution in [-0.2, 0) is 4.74 Å². The van der Waals surface area contributed by atoms with Gasteiger partial charge in [0.05, 0.1) is 0 Å². The Morgan fingerprint density at radius 2 is 1.93 bits per heavy atom. The van der Waals surface area contributed by atoms with Crippen LogP contribution in [0, 0.1) is 0 Å². The third kappa shape index (κ3) is 2.24. The predicted octanol–water partition coefficient (Wildman–Crippen LogP) is 0.536. The van der Waals surface area contributed by atoms with E-state index in [1.165, 1.54) is 0 Å². The molecular formula is C10H19FN2O. The van der Waals surface area contributed by atoms with Gasteiger partial charge in [0.15, 0.2) is 0 Å². The molecular weight excluding hydrogens is 183 g/mol. The van der Waals surface area contributed by atoms with Crippen molar-refractivity contribution >= 4 is 0 Å².